The van der Waals surface area contributed by atoms with Gasteiger partial charge in [-0.15, -0.1) is 0 Å². The fraction of sp³-hybridized carbons (Fsp3) is 0.750. The number of unbranched alkanes of at least 4 members (excludes halogenated alkanes) is 1. The molecule has 1 aromatic heterocycles. The van der Waals surface area contributed by atoms with Crippen LogP contribution in [0.3, 0.4) is 0 Å². The number of aromatic amines is 1. The highest BCUT2D eigenvalue weighted by Gasteiger charge is 2.27. The minimum atomic E-state index is -0.598. The molecule has 0 spiro atoms. The third-order valence-electron chi connectivity index (χ3n) is 5.55. The number of carbonyl (C=O) groups excluding carboxylic acids is 1. The molecule has 0 radical (unpaired) electrons. The molecular formula is C20H35N5O3. The minimum absolute atomic E-state index is 0.0698. The van der Waals surface area contributed by atoms with Crippen LogP contribution in [-0.4, -0.2) is 46.5 Å². The highest BCUT2D eigenvalue weighted by molar-refractivity contribution is 5.96. The van der Waals surface area contributed by atoms with Gasteiger partial charge in [-0.2, -0.15) is 0 Å². The van der Waals surface area contributed by atoms with E-state index in [1.54, 1.807) is 0 Å². The quantitative estimate of drug-likeness (QED) is 0.667. The molecule has 1 fully saturated rings. The maximum absolute atomic E-state index is 13.1. The Kier molecular flexibility index (Phi) is 8.29. The van der Waals surface area contributed by atoms with Crippen molar-refractivity contribution in [3.8, 4) is 0 Å². The maximum Gasteiger partial charge on any atom is 0.330 e. The third kappa shape index (κ3) is 5.25. The van der Waals surface area contributed by atoms with Crippen molar-refractivity contribution >= 4 is 17.4 Å². The zero-order valence-electron chi connectivity index (χ0n) is 17.5. The number of nitrogens with zero attached hydrogens (tertiary/aromatic N) is 3. The Morgan fingerprint density at radius 1 is 1.18 bits per heavy atom. The van der Waals surface area contributed by atoms with E-state index in [-0.39, 0.29) is 24.0 Å². The van der Waals surface area contributed by atoms with Crippen LogP contribution in [0.15, 0.2) is 9.59 Å². The second-order valence-corrected chi connectivity index (χ2v) is 7.75. The highest BCUT2D eigenvalue weighted by atomic mass is 16.2. The van der Waals surface area contributed by atoms with Crippen LogP contribution in [-0.2, 0) is 11.3 Å². The van der Waals surface area contributed by atoms with Gasteiger partial charge in [-0.25, -0.2) is 4.79 Å². The summed E-state index contributed by atoms with van der Waals surface area (Å²) in [6, 6.07) is 0.399. The number of nitrogens with one attached hydrogen (secondary N) is 1. The van der Waals surface area contributed by atoms with Crippen LogP contribution in [0, 0.1) is 0 Å². The number of H-pyrrole nitrogens is 1. The summed E-state index contributed by atoms with van der Waals surface area (Å²) in [7, 11) is 1.97. The molecule has 0 aliphatic heterocycles. The summed E-state index contributed by atoms with van der Waals surface area (Å²) in [5, 5.41) is 0. The van der Waals surface area contributed by atoms with Gasteiger partial charge in [0.25, 0.3) is 5.56 Å². The van der Waals surface area contributed by atoms with Crippen molar-refractivity contribution in [2.75, 3.05) is 30.8 Å². The first-order valence-electron chi connectivity index (χ1n) is 10.5. The zero-order chi connectivity index (χ0) is 20.7. The van der Waals surface area contributed by atoms with E-state index in [0.717, 1.165) is 25.7 Å². The molecule has 2 rings (SSSR count). The van der Waals surface area contributed by atoms with Gasteiger partial charge >= 0.3 is 5.69 Å². The van der Waals surface area contributed by atoms with Gasteiger partial charge in [0.2, 0.25) is 5.91 Å². The molecule has 1 amide bonds. The van der Waals surface area contributed by atoms with E-state index in [1.165, 1.54) is 28.7 Å². The number of aromatic nitrogens is 2. The molecule has 0 saturated heterocycles. The molecule has 0 atom stereocenters. The monoisotopic (exact) mass is 393 g/mol. The molecule has 0 unspecified atom stereocenters. The molecule has 1 saturated carbocycles. The smallest absolute Gasteiger partial charge is 0.330 e. The Balaban J connectivity index is 2.32. The van der Waals surface area contributed by atoms with Gasteiger partial charge < -0.3 is 10.6 Å². The number of carbonyl (C=O) groups is 1. The van der Waals surface area contributed by atoms with E-state index in [0.29, 0.717) is 25.6 Å². The van der Waals surface area contributed by atoms with Gasteiger partial charge in [-0.05, 0) is 32.7 Å². The van der Waals surface area contributed by atoms with Crippen LogP contribution < -0.4 is 21.9 Å². The van der Waals surface area contributed by atoms with Crippen molar-refractivity contribution in [1.82, 2.24) is 14.5 Å². The van der Waals surface area contributed by atoms with E-state index in [4.69, 9.17) is 5.73 Å². The Labute approximate surface area is 166 Å². The molecule has 0 bridgehead atoms. The second kappa shape index (κ2) is 10.5. The lowest BCUT2D eigenvalue weighted by atomic mass is 9.94. The number of hydrogen-bond donors (Lipinski definition) is 2. The largest absolute Gasteiger partial charge is 0.383 e. The van der Waals surface area contributed by atoms with Crippen molar-refractivity contribution in [1.29, 1.82) is 0 Å². The average Bonchev–Trinajstić information content (AvgIpc) is 2.68. The number of amides is 1. The summed E-state index contributed by atoms with van der Waals surface area (Å²) in [5.74, 6) is -0.0826. The third-order valence-corrected chi connectivity index (χ3v) is 5.55. The lowest BCUT2D eigenvalue weighted by molar-refractivity contribution is -0.120. The molecule has 1 aliphatic carbocycles. The van der Waals surface area contributed by atoms with Crippen LogP contribution >= 0.6 is 0 Å². The Morgan fingerprint density at radius 3 is 2.46 bits per heavy atom. The first-order chi connectivity index (χ1) is 13.4. The molecule has 158 valence electrons. The van der Waals surface area contributed by atoms with Crippen LogP contribution in [0.1, 0.15) is 65.2 Å². The number of likely N-dealkylation sites (N-methyl/N-ethyl adjacent to an activating group) is 1. The topological polar surface area (TPSA) is 104 Å². The summed E-state index contributed by atoms with van der Waals surface area (Å²) < 4.78 is 1.34. The number of anilines is 2. The first-order valence-corrected chi connectivity index (χ1v) is 10.5. The number of nitrogens with two attached hydrogens (primary N) is 1. The van der Waals surface area contributed by atoms with Crippen molar-refractivity contribution in [2.45, 2.75) is 77.8 Å². The molecule has 28 heavy (non-hydrogen) atoms. The number of nitrogen functional groups attached to an aromatic ring is 1. The normalized spacial score (nSPS) is 15.1. The molecule has 3 N–H and O–H groups in total. The van der Waals surface area contributed by atoms with Crippen molar-refractivity contribution < 1.29 is 4.79 Å². The van der Waals surface area contributed by atoms with Gasteiger partial charge in [0.1, 0.15) is 5.82 Å². The van der Waals surface area contributed by atoms with Gasteiger partial charge in [-0.1, -0.05) is 39.5 Å². The fourth-order valence-electron chi connectivity index (χ4n) is 3.91. The highest BCUT2D eigenvalue weighted by Crippen LogP contribution is 2.23. The summed E-state index contributed by atoms with van der Waals surface area (Å²) in [6.07, 6.45) is 8.17. The summed E-state index contributed by atoms with van der Waals surface area (Å²) in [5.41, 5.74) is 5.16. The van der Waals surface area contributed by atoms with Crippen LogP contribution in [0.2, 0.25) is 0 Å². The van der Waals surface area contributed by atoms with Crippen molar-refractivity contribution in [3.05, 3.63) is 20.8 Å². The van der Waals surface area contributed by atoms with Crippen molar-refractivity contribution in [3.63, 3.8) is 0 Å². The molecule has 8 heteroatoms. The first kappa shape index (κ1) is 22.2. The van der Waals surface area contributed by atoms with Crippen LogP contribution in [0.5, 0.6) is 0 Å². The molecule has 8 nitrogen and oxygen atoms in total. The molecule has 1 aliphatic rings. The predicted molar refractivity (Wildman–Crippen MR) is 113 cm³/mol. The summed E-state index contributed by atoms with van der Waals surface area (Å²) in [4.78, 5) is 43.7. The summed E-state index contributed by atoms with van der Waals surface area (Å²) >= 11 is 0. The predicted octanol–water partition coefficient (Wildman–Crippen LogP) is 1.93. The molecule has 0 aromatic carbocycles. The van der Waals surface area contributed by atoms with Gasteiger partial charge in [0, 0.05) is 19.1 Å². The standard InChI is InChI=1S/C20H35N5O3/c1-4-6-13-24(16(26)14-23(3)15-10-8-7-9-11-15)17-18(21)25(12-5-2)20(28)22-19(17)27/h15H,4-14,21H2,1-3H3,(H,22,27,28). The van der Waals surface area contributed by atoms with E-state index < -0.39 is 11.2 Å². The fourth-order valence-corrected chi connectivity index (χ4v) is 3.91. The second-order valence-electron chi connectivity index (χ2n) is 7.75. The van der Waals surface area contributed by atoms with Crippen LogP contribution in [0.25, 0.3) is 0 Å². The van der Waals surface area contributed by atoms with E-state index >= 15 is 0 Å². The number of rotatable bonds is 9. The molecule has 1 aromatic rings. The number of hydrogen-bond acceptors (Lipinski definition) is 5. The van der Waals surface area contributed by atoms with Gasteiger partial charge in [0.15, 0.2) is 5.69 Å². The van der Waals surface area contributed by atoms with Crippen LogP contribution in [0.4, 0.5) is 11.5 Å². The van der Waals surface area contributed by atoms with E-state index in [2.05, 4.69) is 9.88 Å². The Hall–Kier alpha value is -2.09. The SMILES string of the molecule is CCCCN(C(=O)CN(C)C1CCCCC1)c1c(N)n(CCC)c(=O)[nH]c1=O. The lowest BCUT2D eigenvalue weighted by Crippen LogP contribution is -2.47. The minimum Gasteiger partial charge on any atom is -0.383 e. The Morgan fingerprint density at radius 2 is 1.86 bits per heavy atom. The zero-order valence-corrected chi connectivity index (χ0v) is 17.5. The Bertz CT molecular complexity index is 764. The molecule has 1 heterocycles. The molecular weight excluding hydrogens is 358 g/mol. The van der Waals surface area contributed by atoms with E-state index in [1.807, 2.05) is 20.9 Å². The maximum atomic E-state index is 13.1. The van der Waals surface area contributed by atoms with Gasteiger partial charge in [-0.3, -0.25) is 24.0 Å². The van der Waals surface area contributed by atoms with Crippen molar-refractivity contribution in [2.24, 2.45) is 0 Å². The van der Waals surface area contributed by atoms with E-state index in [9.17, 15) is 14.4 Å². The van der Waals surface area contributed by atoms with Gasteiger partial charge in [0.05, 0.1) is 6.54 Å². The lowest BCUT2D eigenvalue weighted by Gasteiger charge is -2.32. The average molecular weight is 394 g/mol. The summed E-state index contributed by atoms with van der Waals surface area (Å²) in [6.45, 7) is 5.00.